The van der Waals surface area contributed by atoms with Gasteiger partial charge < -0.3 is 16.3 Å². The van der Waals surface area contributed by atoms with Crippen LogP contribution in [0.15, 0.2) is 27.8 Å². The highest BCUT2D eigenvalue weighted by Gasteiger charge is 2.17. The van der Waals surface area contributed by atoms with Crippen molar-refractivity contribution in [1.82, 2.24) is 5.32 Å². The number of benzene rings is 1. The molecule has 0 heterocycles. The minimum atomic E-state index is -0.509. The summed E-state index contributed by atoms with van der Waals surface area (Å²) in [6.07, 6.45) is 0.521. The van der Waals surface area contributed by atoms with Gasteiger partial charge in [0, 0.05) is 9.50 Å². The normalized spacial score (nSPS) is 13.2. The molecule has 0 aliphatic carbocycles. The molecule has 4 N–H and O–H groups in total. The van der Waals surface area contributed by atoms with Gasteiger partial charge in [-0.05, 0) is 40.5 Å². The molecular formula is C11H13BrClN3O2. The SMILES string of the molecule is CCC(NC(=O)c1ccc(Cl)cc1Br)/C(N)=N/O. The summed E-state index contributed by atoms with van der Waals surface area (Å²) >= 11 is 9.05. The highest BCUT2D eigenvalue weighted by atomic mass is 79.9. The van der Waals surface area contributed by atoms with Crippen LogP contribution in [0.3, 0.4) is 0 Å². The first kappa shape index (κ1) is 14.8. The van der Waals surface area contributed by atoms with Crippen molar-refractivity contribution in [3.8, 4) is 0 Å². The maximum atomic E-state index is 12.0. The smallest absolute Gasteiger partial charge is 0.253 e. The fraction of sp³-hybridized carbons (Fsp3) is 0.273. The molecular weight excluding hydrogens is 321 g/mol. The molecule has 0 fully saturated rings. The quantitative estimate of drug-likeness (QED) is 0.342. The Bertz CT molecular complexity index is 479. The fourth-order valence-electron chi connectivity index (χ4n) is 1.36. The maximum absolute atomic E-state index is 12.0. The van der Waals surface area contributed by atoms with Crippen LogP contribution in [-0.4, -0.2) is 23.0 Å². The third kappa shape index (κ3) is 3.61. The number of hydrogen-bond donors (Lipinski definition) is 3. The second-order valence-electron chi connectivity index (χ2n) is 3.58. The molecule has 1 unspecified atom stereocenters. The Morgan fingerprint density at radius 3 is 2.83 bits per heavy atom. The number of nitrogens with zero attached hydrogens (tertiary/aromatic N) is 1. The van der Waals surface area contributed by atoms with Gasteiger partial charge in [-0.3, -0.25) is 4.79 Å². The molecule has 18 heavy (non-hydrogen) atoms. The van der Waals surface area contributed by atoms with E-state index < -0.39 is 6.04 Å². The number of nitrogens with two attached hydrogens (primary N) is 1. The zero-order valence-electron chi connectivity index (χ0n) is 9.65. The van der Waals surface area contributed by atoms with Crippen molar-refractivity contribution in [2.24, 2.45) is 10.9 Å². The largest absolute Gasteiger partial charge is 0.409 e. The van der Waals surface area contributed by atoms with E-state index in [4.69, 9.17) is 22.5 Å². The second-order valence-corrected chi connectivity index (χ2v) is 4.87. The minimum absolute atomic E-state index is 0.0315. The molecule has 0 aliphatic heterocycles. The van der Waals surface area contributed by atoms with Crippen molar-refractivity contribution >= 4 is 39.3 Å². The molecule has 0 bridgehead atoms. The minimum Gasteiger partial charge on any atom is -0.409 e. The van der Waals surface area contributed by atoms with Crippen LogP contribution in [0.4, 0.5) is 0 Å². The van der Waals surface area contributed by atoms with Gasteiger partial charge in [0.1, 0.15) is 0 Å². The molecule has 5 nitrogen and oxygen atoms in total. The van der Waals surface area contributed by atoms with Gasteiger partial charge in [-0.2, -0.15) is 0 Å². The number of nitrogens with one attached hydrogen (secondary N) is 1. The lowest BCUT2D eigenvalue weighted by Crippen LogP contribution is -2.44. The Hall–Kier alpha value is -1.27. The molecule has 1 amide bonds. The molecule has 7 heteroatoms. The van der Waals surface area contributed by atoms with Crippen molar-refractivity contribution in [2.45, 2.75) is 19.4 Å². The first-order valence-corrected chi connectivity index (χ1v) is 6.40. The molecule has 0 aromatic heterocycles. The summed E-state index contributed by atoms with van der Waals surface area (Å²) in [5.41, 5.74) is 5.90. The van der Waals surface area contributed by atoms with Crippen molar-refractivity contribution in [3.05, 3.63) is 33.3 Å². The summed E-state index contributed by atoms with van der Waals surface area (Å²) < 4.78 is 0.585. The van der Waals surface area contributed by atoms with E-state index in [2.05, 4.69) is 26.4 Å². The summed E-state index contributed by atoms with van der Waals surface area (Å²) in [5.74, 6) is -0.354. The summed E-state index contributed by atoms with van der Waals surface area (Å²) in [4.78, 5) is 12.0. The zero-order chi connectivity index (χ0) is 13.7. The molecule has 1 atom stereocenters. The van der Waals surface area contributed by atoms with Crippen molar-refractivity contribution in [1.29, 1.82) is 0 Å². The molecule has 0 saturated heterocycles. The number of amidine groups is 1. The zero-order valence-corrected chi connectivity index (χ0v) is 12.0. The van der Waals surface area contributed by atoms with Gasteiger partial charge in [-0.1, -0.05) is 23.7 Å². The van der Waals surface area contributed by atoms with Crippen LogP contribution < -0.4 is 11.1 Å². The van der Waals surface area contributed by atoms with Gasteiger partial charge in [0.15, 0.2) is 5.84 Å². The third-order valence-corrected chi connectivity index (χ3v) is 3.25. The number of amides is 1. The molecule has 98 valence electrons. The summed E-state index contributed by atoms with van der Waals surface area (Å²) in [6.45, 7) is 1.82. The summed E-state index contributed by atoms with van der Waals surface area (Å²) in [7, 11) is 0. The van der Waals surface area contributed by atoms with Crippen LogP contribution in [0, 0.1) is 0 Å². The van der Waals surface area contributed by atoms with Crippen LogP contribution in [0.1, 0.15) is 23.7 Å². The van der Waals surface area contributed by atoms with Gasteiger partial charge in [-0.15, -0.1) is 0 Å². The molecule has 0 saturated carbocycles. The standard InChI is InChI=1S/C11H13BrClN3O2/c1-2-9(10(14)16-18)15-11(17)7-4-3-6(13)5-8(7)12/h3-5,9,18H,2H2,1H3,(H2,14,16)(H,15,17). The Morgan fingerprint density at radius 2 is 2.33 bits per heavy atom. The van der Waals surface area contributed by atoms with Gasteiger partial charge >= 0.3 is 0 Å². The summed E-state index contributed by atoms with van der Waals surface area (Å²) in [6, 6.07) is 4.33. The van der Waals surface area contributed by atoms with Crippen LogP contribution in [0.5, 0.6) is 0 Å². The monoisotopic (exact) mass is 333 g/mol. The van der Waals surface area contributed by atoms with E-state index in [0.717, 1.165) is 0 Å². The number of carbonyl (C=O) groups is 1. The fourth-order valence-corrected chi connectivity index (χ4v) is 2.23. The van der Waals surface area contributed by atoms with E-state index in [1.807, 2.05) is 6.92 Å². The Kier molecular flexibility index (Phi) is 5.43. The number of hydrogen-bond acceptors (Lipinski definition) is 3. The number of rotatable bonds is 4. The molecule has 1 rings (SSSR count). The van der Waals surface area contributed by atoms with E-state index in [1.165, 1.54) is 0 Å². The lowest BCUT2D eigenvalue weighted by Gasteiger charge is -2.15. The summed E-state index contributed by atoms with van der Waals surface area (Å²) in [5, 5.41) is 14.7. The molecule has 0 aliphatic rings. The average molecular weight is 335 g/mol. The number of halogens is 2. The predicted molar refractivity (Wildman–Crippen MR) is 74.1 cm³/mol. The first-order valence-electron chi connectivity index (χ1n) is 5.23. The lowest BCUT2D eigenvalue weighted by molar-refractivity contribution is 0.0945. The van der Waals surface area contributed by atoms with Crippen LogP contribution in [-0.2, 0) is 0 Å². The van der Waals surface area contributed by atoms with Gasteiger partial charge in [-0.25, -0.2) is 0 Å². The molecule has 1 aromatic carbocycles. The number of oxime groups is 1. The molecule has 0 spiro atoms. The van der Waals surface area contributed by atoms with Crippen LogP contribution in [0.25, 0.3) is 0 Å². The van der Waals surface area contributed by atoms with Gasteiger partial charge in [0.2, 0.25) is 0 Å². The molecule has 1 aromatic rings. The number of carbonyl (C=O) groups excluding carboxylic acids is 1. The van der Waals surface area contributed by atoms with Crippen molar-refractivity contribution < 1.29 is 10.0 Å². The Labute approximate surface area is 118 Å². The van der Waals surface area contributed by atoms with E-state index in [9.17, 15) is 4.79 Å². The first-order chi connectivity index (χ1) is 8.49. The van der Waals surface area contributed by atoms with Gasteiger partial charge in [0.05, 0.1) is 11.6 Å². The predicted octanol–water partition coefficient (Wildman–Crippen LogP) is 2.36. The maximum Gasteiger partial charge on any atom is 0.253 e. The Morgan fingerprint density at radius 1 is 1.67 bits per heavy atom. The van der Waals surface area contributed by atoms with E-state index in [0.29, 0.717) is 21.5 Å². The van der Waals surface area contributed by atoms with E-state index in [-0.39, 0.29) is 11.7 Å². The van der Waals surface area contributed by atoms with Gasteiger partial charge in [0.25, 0.3) is 5.91 Å². The van der Waals surface area contributed by atoms with Crippen molar-refractivity contribution in [3.63, 3.8) is 0 Å². The van der Waals surface area contributed by atoms with E-state index in [1.54, 1.807) is 18.2 Å². The lowest BCUT2D eigenvalue weighted by atomic mass is 10.1. The van der Waals surface area contributed by atoms with Crippen LogP contribution in [0.2, 0.25) is 5.02 Å². The second kappa shape index (κ2) is 6.61. The molecule has 0 radical (unpaired) electrons. The van der Waals surface area contributed by atoms with Crippen molar-refractivity contribution in [2.75, 3.05) is 0 Å². The van der Waals surface area contributed by atoms with Crippen LogP contribution >= 0.6 is 27.5 Å². The highest BCUT2D eigenvalue weighted by molar-refractivity contribution is 9.10. The topological polar surface area (TPSA) is 87.7 Å². The Balaban J connectivity index is 2.88. The highest BCUT2D eigenvalue weighted by Crippen LogP contribution is 2.21. The van der Waals surface area contributed by atoms with E-state index >= 15 is 0 Å². The third-order valence-electron chi connectivity index (χ3n) is 2.36. The average Bonchev–Trinajstić information content (AvgIpc) is 2.34.